The number of nitrogens with zero attached hydrogens (tertiary/aromatic N) is 1. The number of carbonyl (C=O) groups is 1. The summed E-state index contributed by atoms with van der Waals surface area (Å²) < 4.78 is 26.5. The van der Waals surface area contributed by atoms with E-state index in [4.69, 9.17) is 0 Å². The van der Waals surface area contributed by atoms with Crippen molar-refractivity contribution in [3.05, 3.63) is 52.2 Å². The Balaban J connectivity index is 1.46. The lowest BCUT2D eigenvalue weighted by Gasteiger charge is -2.15. The van der Waals surface area contributed by atoms with Gasteiger partial charge < -0.3 is 5.32 Å². The highest BCUT2D eigenvalue weighted by Gasteiger charge is 2.26. The molecule has 0 spiro atoms. The van der Waals surface area contributed by atoms with Crippen LogP contribution in [0.2, 0.25) is 0 Å². The van der Waals surface area contributed by atoms with Gasteiger partial charge in [0.25, 0.3) is 0 Å². The van der Waals surface area contributed by atoms with Crippen molar-refractivity contribution >= 4 is 27.3 Å². The maximum atomic E-state index is 12.5. The fourth-order valence-corrected chi connectivity index (χ4v) is 5.26. The average molecular weight is 393 g/mol. The summed E-state index contributed by atoms with van der Waals surface area (Å²) in [5.74, 6) is 0.0234. The van der Waals surface area contributed by atoms with Crippen LogP contribution in [0, 0.1) is 0 Å². The molecule has 2 heterocycles. The largest absolute Gasteiger partial charge is 0.356 e. The maximum absolute atomic E-state index is 12.5. The molecular formula is C19H24N2O3S2. The number of thiophene rings is 1. The number of hydrogen-bond donors (Lipinski definition) is 1. The minimum atomic E-state index is -3.37. The minimum absolute atomic E-state index is 0.0234. The summed E-state index contributed by atoms with van der Waals surface area (Å²) >= 11 is 1.69. The number of nitrogens with one attached hydrogen (secondary N) is 1. The fourth-order valence-electron chi connectivity index (χ4n) is 3.03. The van der Waals surface area contributed by atoms with Gasteiger partial charge in [-0.15, -0.1) is 11.3 Å². The Kier molecular flexibility index (Phi) is 6.45. The molecule has 3 rings (SSSR count). The van der Waals surface area contributed by atoms with Gasteiger partial charge in [-0.05, 0) is 54.8 Å². The first-order valence-corrected chi connectivity index (χ1v) is 11.3. The molecule has 2 aromatic rings. The normalized spacial score (nSPS) is 15.2. The molecule has 5 nitrogen and oxygen atoms in total. The highest BCUT2D eigenvalue weighted by Crippen LogP contribution is 2.21. The molecule has 26 heavy (non-hydrogen) atoms. The molecule has 0 unspecified atom stereocenters. The van der Waals surface area contributed by atoms with Crippen LogP contribution in [0.1, 0.15) is 29.7 Å². The number of amides is 1. The van der Waals surface area contributed by atoms with E-state index in [-0.39, 0.29) is 5.91 Å². The zero-order valence-corrected chi connectivity index (χ0v) is 16.3. The molecule has 0 saturated carbocycles. The predicted molar refractivity (Wildman–Crippen MR) is 104 cm³/mol. The second-order valence-corrected chi connectivity index (χ2v) is 9.40. The molecule has 0 aliphatic carbocycles. The van der Waals surface area contributed by atoms with Crippen molar-refractivity contribution in [3.63, 3.8) is 0 Å². The molecule has 1 fully saturated rings. The first-order valence-electron chi connectivity index (χ1n) is 8.94. The first-order chi connectivity index (χ1) is 12.6. The number of rotatable bonds is 8. The summed E-state index contributed by atoms with van der Waals surface area (Å²) in [6, 6.07) is 11.0. The predicted octanol–water partition coefficient (Wildman–Crippen LogP) is 2.82. The summed E-state index contributed by atoms with van der Waals surface area (Å²) in [6.45, 7) is 1.86. The van der Waals surface area contributed by atoms with Gasteiger partial charge in [-0.1, -0.05) is 18.2 Å². The lowest BCUT2D eigenvalue weighted by atomic mass is 10.1. The second kappa shape index (κ2) is 8.79. The van der Waals surface area contributed by atoms with Crippen LogP contribution in [0.15, 0.2) is 46.7 Å². The third kappa shape index (κ3) is 4.93. The van der Waals surface area contributed by atoms with E-state index in [2.05, 4.69) is 11.4 Å². The van der Waals surface area contributed by atoms with E-state index in [1.54, 1.807) is 27.8 Å². The third-order valence-corrected chi connectivity index (χ3v) is 7.39. The zero-order chi connectivity index (χ0) is 18.4. The van der Waals surface area contributed by atoms with E-state index in [9.17, 15) is 13.2 Å². The van der Waals surface area contributed by atoms with E-state index < -0.39 is 10.0 Å². The van der Waals surface area contributed by atoms with Crippen LogP contribution in [-0.4, -0.2) is 38.3 Å². The van der Waals surface area contributed by atoms with Crippen molar-refractivity contribution in [2.75, 3.05) is 19.6 Å². The van der Waals surface area contributed by atoms with Crippen LogP contribution in [0.3, 0.4) is 0 Å². The van der Waals surface area contributed by atoms with E-state index in [0.717, 1.165) is 24.8 Å². The molecule has 1 N–H and O–H groups in total. The van der Waals surface area contributed by atoms with Gasteiger partial charge >= 0.3 is 0 Å². The Bertz CT molecular complexity index is 809. The average Bonchev–Trinajstić information content (AvgIpc) is 3.34. The van der Waals surface area contributed by atoms with Crippen LogP contribution in [0.4, 0.5) is 0 Å². The molecule has 0 atom stereocenters. The highest BCUT2D eigenvalue weighted by atomic mass is 32.2. The van der Waals surface area contributed by atoms with Crippen LogP contribution < -0.4 is 5.32 Å². The van der Waals surface area contributed by atoms with Gasteiger partial charge in [-0.3, -0.25) is 4.79 Å². The van der Waals surface area contributed by atoms with Crippen molar-refractivity contribution in [2.45, 2.75) is 37.0 Å². The smallest absolute Gasteiger partial charge is 0.243 e. The minimum Gasteiger partial charge on any atom is -0.356 e. The third-order valence-electron chi connectivity index (χ3n) is 4.54. The first kappa shape index (κ1) is 19.1. The van der Waals surface area contributed by atoms with Crippen molar-refractivity contribution in [1.82, 2.24) is 9.62 Å². The number of aryl methyl sites for hydroxylation is 1. The highest BCUT2D eigenvalue weighted by molar-refractivity contribution is 7.89. The SMILES string of the molecule is O=C(CCc1ccc(S(=O)(=O)N2CCCC2)cc1)NCCc1cccs1. The quantitative estimate of drug-likeness (QED) is 0.751. The van der Waals surface area contributed by atoms with E-state index in [1.807, 2.05) is 23.6 Å². The van der Waals surface area contributed by atoms with Crippen molar-refractivity contribution in [3.8, 4) is 0 Å². The second-order valence-electron chi connectivity index (χ2n) is 6.43. The summed E-state index contributed by atoms with van der Waals surface area (Å²) in [6.07, 6.45) is 3.72. The lowest BCUT2D eigenvalue weighted by Crippen LogP contribution is -2.27. The molecular weight excluding hydrogens is 368 g/mol. The Morgan fingerprint density at radius 3 is 2.46 bits per heavy atom. The zero-order valence-electron chi connectivity index (χ0n) is 14.7. The number of sulfonamides is 1. The standard InChI is InChI=1S/C19H24N2O3S2/c22-19(20-12-11-17-4-3-15-25-17)10-7-16-5-8-18(9-6-16)26(23,24)21-13-1-2-14-21/h3-6,8-9,15H,1-2,7,10-14H2,(H,20,22). The van der Waals surface area contributed by atoms with Crippen LogP contribution >= 0.6 is 11.3 Å². The summed E-state index contributed by atoms with van der Waals surface area (Å²) in [7, 11) is -3.37. The molecule has 1 amide bonds. The van der Waals surface area contributed by atoms with Gasteiger partial charge in [0.15, 0.2) is 0 Å². The molecule has 7 heteroatoms. The number of benzene rings is 1. The van der Waals surface area contributed by atoms with Gasteiger partial charge in [0.05, 0.1) is 4.90 Å². The molecule has 1 aromatic heterocycles. The van der Waals surface area contributed by atoms with E-state index in [0.29, 0.717) is 37.4 Å². The monoisotopic (exact) mass is 392 g/mol. The Labute approximate surface area is 159 Å². The molecule has 1 saturated heterocycles. The van der Waals surface area contributed by atoms with E-state index in [1.165, 1.54) is 4.88 Å². The van der Waals surface area contributed by atoms with Crippen LogP contribution in [0.25, 0.3) is 0 Å². The van der Waals surface area contributed by atoms with Gasteiger partial charge in [0.2, 0.25) is 15.9 Å². The Morgan fingerprint density at radius 2 is 1.81 bits per heavy atom. The number of hydrogen-bond acceptors (Lipinski definition) is 4. The molecule has 1 aliphatic rings. The fraction of sp³-hybridized carbons (Fsp3) is 0.421. The van der Waals surface area contributed by atoms with Gasteiger partial charge in [0, 0.05) is 30.9 Å². The lowest BCUT2D eigenvalue weighted by molar-refractivity contribution is -0.121. The van der Waals surface area contributed by atoms with Gasteiger partial charge in [-0.2, -0.15) is 4.31 Å². The summed E-state index contributed by atoms with van der Waals surface area (Å²) in [5, 5.41) is 4.96. The maximum Gasteiger partial charge on any atom is 0.243 e. The van der Waals surface area contributed by atoms with Crippen LogP contribution in [0.5, 0.6) is 0 Å². The number of carbonyl (C=O) groups excluding carboxylic acids is 1. The van der Waals surface area contributed by atoms with Crippen molar-refractivity contribution < 1.29 is 13.2 Å². The molecule has 1 aliphatic heterocycles. The Morgan fingerprint density at radius 1 is 1.08 bits per heavy atom. The topological polar surface area (TPSA) is 66.5 Å². The van der Waals surface area contributed by atoms with Gasteiger partial charge in [0.1, 0.15) is 0 Å². The molecule has 1 aromatic carbocycles. The van der Waals surface area contributed by atoms with Crippen molar-refractivity contribution in [1.29, 1.82) is 0 Å². The molecule has 0 radical (unpaired) electrons. The molecule has 0 bridgehead atoms. The Hall–Kier alpha value is -1.70. The summed E-state index contributed by atoms with van der Waals surface area (Å²) in [5.41, 5.74) is 0.971. The van der Waals surface area contributed by atoms with E-state index >= 15 is 0 Å². The van der Waals surface area contributed by atoms with Crippen LogP contribution in [-0.2, 0) is 27.7 Å². The van der Waals surface area contributed by atoms with Gasteiger partial charge in [-0.25, -0.2) is 8.42 Å². The summed E-state index contributed by atoms with van der Waals surface area (Å²) in [4.78, 5) is 13.5. The molecule has 140 valence electrons. The van der Waals surface area contributed by atoms with Crippen molar-refractivity contribution in [2.24, 2.45) is 0 Å².